The monoisotopic (exact) mass is 319 g/mol. The fraction of sp³-hybridized carbons (Fsp3) is 0.526. The van der Waals surface area contributed by atoms with Gasteiger partial charge in [-0.25, -0.2) is 0 Å². The van der Waals surface area contributed by atoms with E-state index in [1.807, 2.05) is 0 Å². The van der Waals surface area contributed by atoms with Crippen molar-refractivity contribution in [2.45, 2.75) is 52.5 Å². The Morgan fingerprint density at radius 1 is 1.30 bits per heavy atom. The Bertz CT molecular complexity index is 509. The molecule has 0 atom stereocenters. The van der Waals surface area contributed by atoms with Crippen LogP contribution in [-0.4, -0.2) is 18.1 Å². The number of carbonyl (C=O) groups is 1. The summed E-state index contributed by atoms with van der Waals surface area (Å²) in [4.78, 5) is 11.8. The fourth-order valence-electron chi connectivity index (χ4n) is 2.16. The van der Waals surface area contributed by atoms with Crippen molar-refractivity contribution in [3.8, 4) is 11.5 Å². The van der Waals surface area contributed by atoms with Gasteiger partial charge in [-0.15, -0.1) is 0 Å². The average molecular weight is 319 g/mol. The number of phenolic OH excluding ortho intramolecular Hbond substituents is 1. The van der Waals surface area contributed by atoms with E-state index in [1.54, 1.807) is 18.2 Å². The van der Waals surface area contributed by atoms with Crippen LogP contribution in [-0.2, 0) is 11.3 Å². The second-order valence-electron chi connectivity index (χ2n) is 6.13. The quantitative estimate of drug-likeness (QED) is 0.502. The Morgan fingerprint density at radius 2 is 2.09 bits per heavy atom. The molecule has 4 heteroatoms. The minimum atomic E-state index is 0.0585. The highest BCUT2D eigenvalue weighted by atomic mass is 16.5. The van der Waals surface area contributed by atoms with Gasteiger partial charge < -0.3 is 15.2 Å². The van der Waals surface area contributed by atoms with Crippen LogP contribution >= 0.6 is 0 Å². The van der Waals surface area contributed by atoms with Crippen LogP contribution in [0.5, 0.6) is 11.5 Å². The average Bonchev–Trinajstić information content (AvgIpc) is 2.52. The minimum absolute atomic E-state index is 0.0585. The van der Waals surface area contributed by atoms with E-state index in [-0.39, 0.29) is 11.7 Å². The summed E-state index contributed by atoms with van der Waals surface area (Å²) in [7, 11) is 1.51. The fourth-order valence-corrected chi connectivity index (χ4v) is 2.16. The van der Waals surface area contributed by atoms with E-state index in [0.717, 1.165) is 31.2 Å². The molecule has 2 N–H and O–H groups in total. The van der Waals surface area contributed by atoms with Gasteiger partial charge in [0.05, 0.1) is 7.11 Å². The number of carbonyl (C=O) groups excluding carboxylic acids is 1. The van der Waals surface area contributed by atoms with Crippen molar-refractivity contribution >= 4 is 5.91 Å². The van der Waals surface area contributed by atoms with Crippen molar-refractivity contribution < 1.29 is 14.6 Å². The summed E-state index contributed by atoms with van der Waals surface area (Å²) in [5, 5.41) is 12.4. The largest absolute Gasteiger partial charge is 0.504 e. The third-order valence-electron chi connectivity index (χ3n) is 3.53. The molecule has 0 aliphatic carbocycles. The molecule has 1 rings (SSSR count). The highest BCUT2D eigenvalue weighted by molar-refractivity contribution is 5.75. The maximum Gasteiger partial charge on any atom is 0.220 e. The predicted molar refractivity (Wildman–Crippen MR) is 93.6 cm³/mol. The molecule has 0 unspecified atom stereocenters. The van der Waals surface area contributed by atoms with Gasteiger partial charge in [0.15, 0.2) is 11.5 Å². The molecule has 0 heterocycles. The summed E-state index contributed by atoms with van der Waals surface area (Å²) in [6.07, 6.45) is 9.08. The number of hydrogen-bond acceptors (Lipinski definition) is 3. The lowest BCUT2D eigenvalue weighted by atomic mass is 10.1. The van der Waals surface area contributed by atoms with Crippen LogP contribution in [0.4, 0.5) is 0 Å². The van der Waals surface area contributed by atoms with Crippen molar-refractivity contribution in [2.24, 2.45) is 5.92 Å². The zero-order valence-corrected chi connectivity index (χ0v) is 14.5. The molecule has 23 heavy (non-hydrogen) atoms. The smallest absolute Gasteiger partial charge is 0.220 e. The van der Waals surface area contributed by atoms with Crippen LogP contribution in [0.25, 0.3) is 0 Å². The van der Waals surface area contributed by atoms with Gasteiger partial charge in [0.1, 0.15) is 0 Å². The number of unbranched alkanes of at least 4 members (excludes halogenated alkanes) is 2. The van der Waals surface area contributed by atoms with Crippen molar-refractivity contribution in [1.29, 1.82) is 0 Å². The van der Waals surface area contributed by atoms with Crippen molar-refractivity contribution in [1.82, 2.24) is 5.32 Å². The second kappa shape index (κ2) is 10.7. The van der Waals surface area contributed by atoms with Crippen LogP contribution in [0.1, 0.15) is 51.5 Å². The third kappa shape index (κ3) is 8.29. The Hall–Kier alpha value is -1.97. The summed E-state index contributed by atoms with van der Waals surface area (Å²) in [5.41, 5.74) is 0.907. The number of nitrogens with one attached hydrogen (secondary N) is 1. The Kier molecular flexibility index (Phi) is 8.88. The standard InChI is InChI=1S/C19H29NO3/c1-15(2)9-7-5-4-6-8-10-19(22)20-14-16-11-12-17(21)18(13-16)23-3/h5,7,11-13,15,21H,4,6,8-10,14H2,1-3H3,(H,20,22). The van der Waals surface area contributed by atoms with Crippen LogP contribution in [0.15, 0.2) is 30.4 Å². The molecule has 0 aliphatic rings. The molecule has 0 saturated carbocycles. The van der Waals surface area contributed by atoms with Crippen LogP contribution < -0.4 is 10.1 Å². The molecule has 1 aromatic carbocycles. The number of amides is 1. The number of phenols is 1. The highest BCUT2D eigenvalue weighted by Crippen LogP contribution is 2.26. The van der Waals surface area contributed by atoms with E-state index < -0.39 is 0 Å². The molecule has 0 radical (unpaired) electrons. The first kappa shape index (κ1) is 19.1. The van der Waals surface area contributed by atoms with E-state index in [9.17, 15) is 9.90 Å². The molecular weight excluding hydrogens is 290 g/mol. The van der Waals surface area contributed by atoms with E-state index >= 15 is 0 Å². The molecule has 0 spiro atoms. The summed E-state index contributed by atoms with van der Waals surface area (Å²) in [6.45, 7) is 4.86. The summed E-state index contributed by atoms with van der Waals surface area (Å²) >= 11 is 0. The summed E-state index contributed by atoms with van der Waals surface area (Å²) in [6, 6.07) is 5.08. The molecule has 0 fully saturated rings. The maximum atomic E-state index is 11.8. The molecule has 1 aromatic rings. The number of benzene rings is 1. The second-order valence-corrected chi connectivity index (χ2v) is 6.13. The van der Waals surface area contributed by atoms with Gasteiger partial charge in [0.25, 0.3) is 0 Å². The van der Waals surface area contributed by atoms with E-state index in [2.05, 4.69) is 31.3 Å². The molecule has 0 bridgehead atoms. The zero-order valence-electron chi connectivity index (χ0n) is 14.5. The molecule has 4 nitrogen and oxygen atoms in total. The van der Waals surface area contributed by atoms with Crippen LogP contribution in [0.2, 0.25) is 0 Å². The first-order chi connectivity index (χ1) is 11.0. The molecule has 128 valence electrons. The van der Waals surface area contributed by atoms with Gasteiger partial charge >= 0.3 is 0 Å². The van der Waals surface area contributed by atoms with Gasteiger partial charge in [-0.05, 0) is 49.3 Å². The number of rotatable bonds is 10. The zero-order chi connectivity index (χ0) is 17.1. The van der Waals surface area contributed by atoms with Gasteiger partial charge in [0, 0.05) is 13.0 Å². The lowest BCUT2D eigenvalue weighted by Crippen LogP contribution is -2.22. The number of allylic oxidation sites excluding steroid dienone is 2. The van der Waals surface area contributed by atoms with Crippen molar-refractivity contribution in [3.05, 3.63) is 35.9 Å². The van der Waals surface area contributed by atoms with Gasteiger partial charge in [-0.3, -0.25) is 4.79 Å². The Labute approximate surface area is 139 Å². The minimum Gasteiger partial charge on any atom is -0.504 e. The summed E-state index contributed by atoms with van der Waals surface area (Å²) < 4.78 is 5.05. The van der Waals surface area contributed by atoms with Crippen molar-refractivity contribution in [3.63, 3.8) is 0 Å². The molecule has 0 aliphatic heterocycles. The number of hydrogen-bond donors (Lipinski definition) is 2. The van der Waals surface area contributed by atoms with E-state index in [1.165, 1.54) is 7.11 Å². The van der Waals surface area contributed by atoms with Crippen molar-refractivity contribution in [2.75, 3.05) is 7.11 Å². The molecule has 1 amide bonds. The number of ether oxygens (including phenoxy) is 1. The van der Waals surface area contributed by atoms with E-state index in [4.69, 9.17) is 4.74 Å². The van der Waals surface area contributed by atoms with Crippen LogP contribution in [0, 0.1) is 5.92 Å². The molecular formula is C19H29NO3. The first-order valence-electron chi connectivity index (χ1n) is 8.30. The highest BCUT2D eigenvalue weighted by Gasteiger charge is 2.05. The van der Waals surface area contributed by atoms with E-state index in [0.29, 0.717) is 24.6 Å². The normalized spacial score (nSPS) is 11.1. The lowest BCUT2D eigenvalue weighted by molar-refractivity contribution is -0.121. The molecule has 0 aromatic heterocycles. The van der Waals surface area contributed by atoms with Gasteiger partial charge in [0.2, 0.25) is 5.91 Å². The Balaban J connectivity index is 2.18. The lowest BCUT2D eigenvalue weighted by Gasteiger charge is -2.08. The topological polar surface area (TPSA) is 58.6 Å². The first-order valence-corrected chi connectivity index (χ1v) is 8.30. The maximum absolute atomic E-state index is 11.8. The molecule has 0 saturated heterocycles. The Morgan fingerprint density at radius 3 is 2.78 bits per heavy atom. The van der Waals surface area contributed by atoms with Gasteiger partial charge in [-0.1, -0.05) is 32.1 Å². The SMILES string of the molecule is COc1cc(CNC(=O)CCCCC=CCC(C)C)ccc1O. The van der Waals surface area contributed by atoms with Gasteiger partial charge in [-0.2, -0.15) is 0 Å². The van der Waals surface area contributed by atoms with Crippen LogP contribution in [0.3, 0.4) is 0 Å². The predicted octanol–water partition coefficient (Wildman–Crippen LogP) is 4.18. The third-order valence-corrected chi connectivity index (χ3v) is 3.53. The number of methoxy groups -OCH3 is 1. The number of aromatic hydroxyl groups is 1. The summed E-state index contributed by atoms with van der Waals surface area (Å²) in [5.74, 6) is 1.29.